The number of hydrogen-bond acceptors (Lipinski definition) is 6. The number of esters is 2. The fourth-order valence-electron chi connectivity index (χ4n) is 3.36. The van der Waals surface area contributed by atoms with Crippen LogP contribution >= 0.6 is 0 Å². The summed E-state index contributed by atoms with van der Waals surface area (Å²) in [5.41, 5.74) is 0.562. The Labute approximate surface area is 134 Å². The molecule has 23 heavy (non-hydrogen) atoms. The van der Waals surface area contributed by atoms with Gasteiger partial charge in [-0.1, -0.05) is 6.58 Å². The summed E-state index contributed by atoms with van der Waals surface area (Å²) in [5, 5.41) is 0. The molecule has 1 aliphatic carbocycles. The number of epoxide rings is 1. The van der Waals surface area contributed by atoms with Crippen LogP contribution in [-0.2, 0) is 28.6 Å². The Morgan fingerprint density at radius 3 is 3.00 bits per heavy atom. The molecule has 3 aliphatic rings. The van der Waals surface area contributed by atoms with Gasteiger partial charge in [-0.05, 0) is 37.3 Å². The lowest BCUT2D eigenvalue weighted by Gasteiger charge is -2.19. The Bertz CT molecular complexity index is 592. The number of hydrogen-bond donors (Lipinski definition) is 0. The first-order chi connectivity index (χ1) is 10.9. The van der Waals surface area contributed by atoms with Crippen molar-refractivity contribution < 1.29 is 28.6 Å². The van der Waals surface area contributed by atoms with Crippen LogP contribution in [0.25, 0.3) is 0 Å². The zero-order chi connectivity index (χ0) is 16.6. The Hall–Kier alpha value is -1.95. The summed E-state index contributed by atoms with van der Waals surface area (Å²) in [6.07, 6.45) is 4.67. The summed E-state index contributed by atoms with van der Waals surface area (Å²) in [6.45, 7) is 5.32. The van der Waals surface area contributed by atoms with E-state index in [1.165, 1.54) is 6.92 Å². The fourth-order valence-corrected chi connectivity index (χ4v) is 3.36. The molecule has 2 aliphatic heterocycles. The van der Waals surface area contributed by atoms with E-state index in [4.69, 9.17) is 14.2 Å². The van der Waals surface area contributed by atoms with Crippen molar-refractivity contribution in [1.29, 1.82) is 0 Å². The normalized spacial score (nSPS) is 36.2. The molecule has 0 bridgehead atoms. The first-order valence-electron chi connectivity index (χ1n) is 7.82. The zero-order valence-corrected chi connectivity index (χ0v) is 13.1. The average Bonchev–Trinajstić information content (AvgIpc) is 3.16. The molecule has 0 amide bonds. The van der Waals surface area contributed by atoms with Crippen LogP contribution < -0.4 is 0 Å². The molecule has 0 radical (unpaired) electrons. The van der Waals surface area contributed by atoms with Gasteiger partial charge in [-0.2, -0.15) is 0 Å². The molecule has 0 N–H and O–H groups in total. The Morgan fingerprint density at radius 2 is 2.30 bits per heavy atom. The van der Waals surface area contributed by atoms with Crippen molar-refractivity contribution in [2.24, 2.45) is 5.92 Å². The first-order valence-corrected chi connectivity index (χ1v) is 7.82. The molecule has 4 atom stereocenters. The van der Waals surface area contributed by atoms with Crippen LogP contribution in [0.2, 0.25) is 0 Å². The maximum Gasteiger partial charge on any atom is 0.334 e. The molecule has 6 nitrogen and oxygen atoms in total. The first kappa shape index (κ1) is 15.9. The van der Waals surface area contributed by atoms with Crippen molar-refractivity contribution in [2.45, 2.75) is 50.4 Å². The average molecular weight is 320 g/mol. The molecule has 4 unspecified atom stereocenters. The van der Waals surface area contributed by atoms with Gasteiger partial charge in [-0.15, -0.1) is 0 Å². The molecule has 2 saturated heterocycles. The highest BCUT2D eigenvalue weighted by Gasteiger charge is 2.56. The van der Waals surface area contributed by atoms with Crippen molar-refractivity contribution in [1.82, 2.24) is 0 Å². The summed E-state index contributed by atoms with van der Waals surface area (Å²) in [5.74, 6) is -0.942. The van der Waals surface area contributed by atoms with Gasteiger partial charge < -0.3 is 19.0 Å². The largest absolute Gasteiger partial charge is 0.461 e. The van der Waals surface area contributed by atoms with Gasteiger partial charge in [0, 0.05) is 18.4 Å². The van der Waals surface area contributed by atoms with Gasteiger partial charge in [0.1, 0.15) is 18.3 Å². The second-order valence-corrected chi connectivity index (χ2v) is 6.36. The third kappa shape index (κ3) is 3.08. The summed E-state index contributed by atoms with van der Waals surface area (Å²) in [4.78, 5) is 34.3. The summed E-state index contributed by atoms with van der Waals surface area (Å²) in [7, 11) is 0. The van der Waals surface area contributed by atoms with E-state index in [0.29, 0.717) is 31.3 Å². The molecule has 3 rings (SSSR count). The Balaban J connectivity index is 1.83. The van der Waals surface area contributed by atoms with Gasteiger partial charge in [0.15, 0.2) is 6.29 Å². The van der Waals surface area contributed by atoms with E-state index >= 15 is 0 Å². The lowest BCUT2D eigenvalue weighted by atomic mass is 9.84. The molecule has 6 heteroatoms. The number of carbonyl (C=O) groups excluding carboxylic acids is 3. The van der Waals surface area contributed by atoms with Gasteiger partial charge in [-0.3, -0.25) is 4.79 Å². The Morgan fingerprint density at radius 1 is 1.52 bits per heavy atom. The van der Waals surface area contributed by atoms with E-state index in [0.717, 1.165) is 11.9 Å². The van der Waals surface area contributed by atoms with Gasteiger partial charge in [0.25, 0.3) is 0 Å². The van der Waals surface area contributed by atoms with Gasteiger partial charge in [0.2, 0.25) is 0 Å². The highest BCUT2D eigenvalue weighted by atomic mass is 16.6. The number of carbonyl (C=O) groups is 3. The van der Waals surface area contributed by atoms with E-state index < -0.39 is 17.7 Å². The van der Waals surface area contributed by atoms with Crippen LogP contribution in [-0.4, -0.2) is 42.6 Å². The standard InChI is InChI=1S/C17H20O6/c1-10-13-5-6-17(9-18)15(23-17)4-3-12(8-21-11(2)19)7-14(13)22-16(10)20/h7,9,13-15H,1,3-6,8H2,2H3. The van der Waals surface area contributed by atoms with Crippen molar-refractivity contribution in [3.8, 4) is 0 Å². The lowest BCUT2D eigenvalue weighted by Crippen LogP contribution is -2.24. The molecule has 124 valence electrons. The number of fused-ring (bicyclic) bond motifs is 2. The Kier molecular flexibility index (Phi) is 4.10. The van der Waals surface area contributed by atoms with Crippen LogP contribution in [0.1, 0.15) is 32.6 Å². The predicted octanol–water partition coefficient (Wildman–Crippen LogP) is 1.48. The molecule has 0 saturated carbocycles. The molecule has 0 spiro atoms. The minimum Gasteiger partial charge on any atom is -0.461 e. The number of rotatable bonds is 3. The minimum absolute atomic E-state index is 0.108. The summed E-state index contributed by atoms with van der Waals surface area (Å²) >= 11 is 0. The molecule has 0 aromatic carbocycles. The van der Waals surface area contributed by atoms with Crippen molar-refractivity contribution in [3.05, 3.63) is 23.8 Å². The highest BCUT2D eigenvalue weighted by Crippen LogP contribution is 2.45. The van der Waals surface area contributed by atoms with Crippen LogP contribution in [0.5, 0.6) is 0 Å². The van der Waals surface area contributed by atoms with Crippen LogP contribution in [0, 0.1) is 5.92 Å². The van der Waals surface area contributed by atoms with Crippen molar-refractivity contribution >= 4 is 18.2 Å². The van der Waals surface area contributed by atoms with E-state index in [9.17, 15) is 14.4 Å². The maximum absolute atomic E-state index is 11.8. The molecule has 2 fully saturated rings. The van der Waals surface area contributed by atoms with Gasteiger partial charge >= 0.3 is 11.9 Å². The van der Waals surface area contributed by atoms with E-state index in [1.807, 2.05) is 6.08 Å². The number of aldehydes is 1. The van der Waals surface area contributed by atoms with E-state index in [1.54, 1.807) is 0 Å². The summed E-state index contributed by atoms with van der Waals surface area (Å²) < 4.78 is 16.1. The third-order valence-electron chi connectivity index (χ3n) is 4.83. The third-order valence-corrected chi connectivity index (χ3v) is 4.83. The lowest BCUT2D eigenvalue weighted by molar-refractivity contribution is -0.140. The molecular weight excluding hydrogens is 300 g/mol. The van der Waals surface area contributed by atoms with Gasteiger partial charge in [-0.25, -0.2) is 4.79 Å². The minimum atomic E-state index is -0.736. The topological polar surface area (TPSA) is 82.2 Å². The van der Waals surface area contributed by atoms with Crippen LogP contribution in [0.4, 0.5) is 0 Å². The molecule has 0 aromatic rings. The van der Waals surface area contributed by atoms with Crippen LogP contribution in [0.3, 0.4) is 0 Å². The summed E-state index contributed by atoms with van der Waals surface area (Å²) in [6, 6.07) is 0. The SMILES string of the molecule is C=C1C(=O)OC2C=C(COC(C)=O)CCC3OC3(C=O)CCC12. The quantitative estimate of drug-likeness (QED) is 0.258. The fraction of sp³-hybridized carbons (Fsp3) is 0.588. The van der Waals surface area contributed by atoms with E-state index in [-0.39, 0.29) is 24.6 Å². The number of ether oxygens (including phenoxy) is 3. The van der Waals surface area contributed by atoms with Crippen molar-refractivity contribution in [2.75, 3.05) is 6.61 Å². The predicted molar refractivity (Wildman–Crippen MR) is 79.4 cm³/mol. The zero-order valence-electron chi connectivity index (χ0n) is 13.1. The highest BCUT2D eigenvalue weighted by molar-refractivity contribution is 5.91. The molecule has 0 aromatic heterocycles. The molecule has 2 heterocycles. The van der Waals surface area contributed by atoms with Gasteiger partial charge in [0.05, 0.1) is 6.10 Å². The monoisotopic (exact) mass is 320 g/mol. The smallest absolute Gasteiger partial charge is 0.334 e. The van der Waals surface area contributed by atoms with Crippen LogP contribution in [0.15, 0.2) is 23.8 Å². The maximum atomic E-state index is 11.8. The van der Waals surface area contributed by atoms with E-state index in [2.05, 4.69) is 6.58 Å². The van der Waals surface area contributed by atoms with Crippen molar-refractivity contribution in [3.63, 3.8) is 0 Å². The molecular formula is C17H20O6. The second-order valence-electron chi connectivity index (χ2n) is 6.36. The second kappa shape index (κ2) is 5.92.